The lowest BCUT2D eigenvalue weighted by Gasteiger charge is -2.02. The van der Waals surface area contributed by atoms with Crippen LogP contribution in [0.4, 0.5) is 0 Å². The highest BCUT2D eigenvalue weighted by Crippen LogP contribution is 2.19. The van der Waals surface area contributed by atoms with Crippen LogP contribution in [0.1, 0.15) is 16.3 Å². The molecule has 0 fully saturated rings. The van der Waals surface area contributed by atoms with Gasteiger partial charge in [0, 0.05) is 0 Å². The van der Waals surface area contributed by atoms with E-state index in [9.17, 15) is 4.79 Å². The van der Waals surface area contributed by atoms with Crippen LogP contribution in [0.15, 0.2) is 22.8 Å². The number of carboxylic acids is 1. The van der Waals surface area contributed by atoms with Crippen LogP contribution in [0.2, 0.25) is 0 Å². The highest BCUT2D eigenvalue weighted by molar-refractivity contribution is 9.10. The number of hydrogen-bond acceptors (Lipinski definition) is 3. The standard InChI is InChI=1S/C10H10BrN3O2/c1-12-5-8-13-9(10(15)16)6-3-2-4-7(11)14(6)8/h2-4,12H,5H2,1H3,(H,15,16). The average Bonchev–Trinajstić information content (AvgIpc) is 2.59. The first kappa shape index (κ1) is 11.1. The van der Waals surface area contributed by atoms with Crippen LogP contribution >= 0.6 is 15.9 Å². The van der Waals surface area contributed by atoms with Gasteiger partial charge in [-0.1, -0.05) is 6.07 Å². The highest BCUT2D eigenvalue weighted by Gasteiger charge is 2.17. The SMILES string of the molecule is CNCc1nc(C(=O)O)c2cccc(Br)n12. The van der Waals surface area contributed by atoms with Crippen LogP contribution in [0.3, 0.4) is 0 Å². The smallest absolute Gasteiger partial charge is 0.356 e. The van der Waals surface area contributed by atoms with Crippen molar-refractivity contribution in [2.45, 2.75) is 6.54 Å². The molecule has 0 aliphatic heterocycles. The first-order valence-electron chi connectivity index (χ1n) is 4.69. The Bertz CT molecular complexity index is 550. The number of hydrogen-bond donors (Lipinski definition) is 2. The summed E-state index contributed by atoms with van der Waals surface area (Å²) in [5.41, 5.74) is 0.665. The minimum absolute atomic E-state index is 0.0755. The van der Waals surface area contributed by atoms with Crippen molar-refractivity contribution < 1.29 is 9.90 Å². The van der Waals surface area contributed by atoms with E-state index in [1.807, 2.05) is 6.07 Å². The van der Waals surface area contributed by atoms with Crippen molar-refractivity contribution in [3.05, 3.63) is 34.3 Å². The summed E-state index contributed by atoms with van der Waals surface area (Å²) >= 11 is 3.38. The zero-order chi connectivity index (χ0) is 11.7. The minimum atomic E-state index is -1.02. The third-order valence-corrected chi connectivity index (χ3v) is 2.84. The van der Waals surface area contributed by atoms with E-state index in [-0.39, 0.29) is 5.69 Å². The van der Waals surface area contributed by atoms with Crippen LogP contribution in [0.5, 0.6) is 0 Å². The number of carbonyl (C=O) groups is 1. The number of aromatic nitrogens is 2. The van der Waals surface area contributed by atoms with Crippen molar-refractivity contribution in [2.75, 3.05) is 7.05 Å². The molecule has 2 heterocycles. The topological polar surface area (TPSA) is 66.6 Å². The van der Waals surface area contributed by atoms with Crippen molar-refractivity contribution in [2.24, 2.45) is 0 Å². The minimum Gasteiger partial charge on any atom is -0.476 e. The second kappa shape index (κ2) is 4.23. The summed E-state index contributed by atoms with van der Waals surface area (Å²) in [6.07, 6.45) is 0. The van der Waals surface area contributed by atoms with E-state index in [0.717, 1.165) is 4.60 Å². The molecule has 0 atom stereocenters. The zero-order valence-electron chi connectivity index (χ0n) is 8.57. The maximum Gasteiger partial charge on any atom is 0.356 e. The normalized spacial score (nSPS) is 10.9. The van der Waals surface area contributed by atoms with Gasteiger partial charge >= 0.3 is 5.97 Å². The number of nitrogens with zero attached hydrogens (tertiary/aromatic N) is 2. The maximum atomic E-state index is 11.0. The predicted octanol–water partition coefficient (Wildman–Crippen LogP) is 1.51. The number of carboxylic acid groups (broad SMARTS) is 1. The molecule has 2 aromatic rings. The summed E-state index contributed by atoms with van der Waals surface area (Å²) in [5, 5.41) is 12.0. The fourth-order valence-electron chi connectivity index (χ4n) is 1.60. The third-order valence-electron chi connectivity index (χ3n) is 2.22. The summed E-state index contributed by atoms with van der Waals surface area (Å²) in [6.45, 7) is 0.511. The van der Waals surface area contributed by atoms with Crippen LogP contribution in [-0.2, 0) is 6.54 Å². The largest absolute Gasteiger partial charge is 0.476 e. The molecule has 0 amide bonds. The molecule has 0 spiro atoms. The number of nitrogens with one attached hydrogen (secondary N) is 1. The van der Waals surface area contributed by atoms with Crippen LogP contribution < -0.4 is 5.32 Å². The van der Waals surface area contributed by atoms with E-state index in [4.69, 9.17) is 5.11 Å². The zero-order valence-corrected chi connectivity index (χ0v) is 10.2. The molecular formula is C10H10BrN3O2. The molecule has 2 rings (SSSR count). The summed E-state index contributed by atoms with van der Waals surface area (Å²) in [4.78, 5) is 15.1. The van der Waals surface area contributed by atoms with Gasteiger partial charge in [-0.25, -0.2) is 9.78 Å². The lowest BCUT2D eigenvalue weighted by atomic mass is 10.3. The van der Waals surface area contributed by atoms with Gasteiger partial charge in [-0.05, 0) is 35.1 Å². The Balaban J connectivity index is 2.76. The van der Waals surface area contributed by atoms with E-state index in [1.54, 1.807) is 23.6 Å². The predicted molar refractivity (Wildman–Crippen MR) is 62.6 cm³/mol. The Labute approximate surface area is 100 Å². The number of rotatable bonds is 3. The van der Waals surface area contributed by atoms with Gasteiger partial charge in [0.1, 0.15) is 5.82 Å². The van der Waals surface area contributed by atoms with Gasteiger partial charge in [-0.2, -0.15) is 0 Å². The van der Waals surface area contributed by atoms with Gasteiger partial charge in [0.25, 0.3) is 0 Å². The number of halogens is 1. The fraction of sp³-hybridized carbons (Fsp3) is 0.200. The Kier molecular flexibility index (Phi) is 2.93. The maximum absolute atomic E-state index is 11.0. The fourth-order valence-corrected chi connectivity index (χ4v) is 2.15. The molecule has 6 heteroatoms. The molecule has 5 nitrogen and oxygen atoms in total. The van der Waals surface area contributed by atoms with Gasteiger partial charge in [0.05, 0.1) is 16.7 Å². The first-order chi connectivity index (χ1) is 7.65. The molecule has 84 valence electrons. The summed E-state index contributed by atoms with van der Waals surface area (Å²) in [7, 11) is 1.79. The van der Waals surface area contributed by atoms with Crippen molar-refractivity contribution in [3.8, 4) is 0 Å². The Morgan fingerprint density at radius 2 is 2.38 bits per heavy atom. The third kappa shape index (κ3) is 1.70. The lowest BCUT2D eigenvalue weighted by Crippen LogP contribution is -2.09. The Hall–Kier alpha value is -1.40. The van der Waals surface area contributed by atoms with Gasteiger partial charge in [-0.15, -0.1) is 0 Å². The molecule has 16 heavy (non-hydrogen) atoms. The van der Waals surface area contributed by atoms with Crippen LogP contribution in [0, 0.1) is 0 Å². The van der Waals surface area contributed by atoms with Gasteiger partial charge in [0.2, 0.25) is 0 Å². The van der Waals surface area contributed by atoms with Gasteiger partial charge < -0.3 is 10.4 Å². The molecule has 2 aromatic heterocycles. The van der Waals surface area contributed by atoms with E-state index in [2.05, 4.69) is 26.2 Å². The lowest BCUT2D eigenvalue weighted by molar-refractivity contribution is 0.0693. The van der Waals surface area contributed by atoms with Gasteiger partial charge in [-0.3, -0.25) is 4.40 Å². The van der Waals surface area contributed by atoms with Crippen molar-refractivity contribution in [1.29, 1.82) is 0 Å². The molecule has 0 aliphatic rings. The van der Waals surface area contributed by atoms with Crippen molar-refractivity contribution in [3.63, 3.8) is 0 Å². The van der Waals surface area contributed by atoms with E-state index in [1.165, 1.54) is 0 Å². The highest BCUT2D eigenvalue weighted by atomic mass is 79.9. The second-order valence-electron chi connectivity index (χ2n) is 3.28. The van der Waals surface area contributed by atoms with Crippen molar-refractivity contribution >= 4 is 27.4 Å². The Morgan fingerprint density at radius 3 is 3.00 bits per heavy atom. The first-order valence-corrected chi connectivity index (χ1v) is 5.48. The number of imidazole rings is 1. The van der Waals surface area contributed by atoms with Crippen molar-refractivity contribution in [1.82, 2.24) is 14.7 Å². The van der Waals surface area contributed by atoms with E-state index < -0.39 is 5.97 Å². The van der Waals surface area contributed by atoms with E-state index in [0.29, 0.717) is 17.9 Å². The number of pyridine rings is 1. The van der Waals surface area contributed by atoms with Crippen LogP contribution in [0.25, 0.3) is 5.52 Å². The molecule has 0 radical (unpaired) electrons. The molecule has 0 aromatic carbocycles. The quantitative estimate of drug-likeness (QED) is 0.838. The molecule has 0 bridgehead atoms. The number of aromatic carboxylic acids is 1. The molecule has 2 N–H and O–H groups in total. The van der Waals surface area contributed by atoms with Gasteiger partial charge in [0.15, 0.2) is 5.69 Å². The monoisotopic (exact) mass is 283 g/mol. The second-order valence-corrected chi connectivity index (χ2v) is 4.09. The summed E-state index contributed by atoms with van der Waals surface area (Å²) in [5.74, 6) is -0.347. The molecule has 0 saturated carbocycles. The molecule has 0 unspecified atom stereocenters. The molecule has 0 aliphatic carbocycles. The van der Waals surface area contributed by atoms with Crippen LogP contribution in [-0.4, -0.2) is 27.5 Å². The molecular weight excluding hydrogens is 274 g/mol. The summed E-state index contributed by atoms with van der Waals surface area (Å²) < 4.78 is 2.57. The van der Waals surface area contributed by atoms with E-state index >= 15 is 0 Å². The average molecular weight is 284 g/mol. The Morgan fingerprint density at radius 1 is 1.62 bits per heavy atom. The summed E-state index contributed by atoms with van der Waals surface area (Å²) in [6, 6.07) is 5.37. The molecule has 0 saturated heterocycles. The number of fused-ring (bicyclic) bond motifs is 1.